The highest BCUT2D eigenvalue weighted by Gasteiger charge is 2.21. The summed E-state index contributed by atoms with van der Waals surface area (Å²) in [5, 5.41) is 13.7. The molecular formula is C17H27NO2. The molecule has 1 aromatic carbocycles. The van der Waals surface area contributed by atoms with E-state index in [1.165, 1.54) is 19.3 Å². The van der Waals surface area contributed by atoms with Gasteiger partial charge in [0, 0.05) is 12.6 Å². The predicted molar refractivity (Wildman–Crippen MR) is 82.0 cm³/mol. The van der Waals surface area contributed by atoms with E-state index in [0.29, 0.717) is 12.6 Å². The number of ether oxygens (including phenoxy) is 1. The molecule has 3 atom stereocenters. The van der Waals surface area contributed by atoms with Crippen LogP contribution in [0.2, 0.25) is 0 Å². The second-order valence-corrected chi connectivity index (χ2v) is 6.27. The lowest BCUT2D eigenvalue weighted by atomic mass is 10.1. The summed E-state index contributed by atoms with van der Waals surface area (Å²) in [5.41, 5.74) is 0.944. The third-order valence-corrected chi connectivity index (χ3v) is 3.93. The van der Waals surface area contributed by atoms with Crippen molar-refractivity contribution in [3.05, 3.63) is 29.8 Å². The van der Waals surface area contributed by atoms with Crippen LogP contribution >= 0.6 is 0 Å². The fraction of sp³-hybridized carbons (Fsp3) is 0.647. The van der Waals surface area contributed by atoms with Crippen molar-refractivity contribution >= 4 is 0 Å². The number of hydrogen-bond donors (Lipinski definition) is 2. The molecule has 1 aromatic rings. The lowest BCUT2D eigenvalue weighted by Gasteiger charge is -2.17. The van der Waals surface area contributed by atoms with E-state index in [9.17, 15) is 5.11 Å². The van der Waals surface area contributed by atoms with Crippen molar-refractivity contribution in [3.63, 3.8) is 0 Å². The topological polar surface area (TPSA) is 41.5 Å². The molecule has 2 rings (SSSR count). The van der Waals surface area contributed by atoms with Crippen LogP contribution in [0.4, 0.5) is 0 Å². The zero-order chi connectivity index (χ0) is 14.5. The molecule has 1 aliphatic carbocycles. The Morgan fingerprint density at radius 3 is 2.50 bits per heavy atom. The summed E-state index contributed by atoms with van der Waals surface area (Å²) in [5.74, 6) is 1.67. The zero-order valence-corrected chi connectivity index (χ0v) is 12.8. The van der Waals surface area contributed by atoms with Crippen molar-refractivity contribution in [2.75, 3.05) is 6.54 Å². The van der Waals surface area contributed by atoms with Gasteiger partial charge in [0.15, 0.2) is 0 Å². The smallest absolute Gasteiger partial charge is 0.119 e. The molecular weight excluding hydrogens is 250 g/mol. The Bertz CT molecular complexity index is 402. The second-order valence-electron chi connectivity index (χ2n) is 6.27. The molecule has 0 radical (unpaired) electrons. The zero-order valence-electron chi connectivity index (χ0n) is 12.8. The molecule has 1 fully saturated rings. The van der Waals surface area contributed by atoms with Gasteiger partial charge in [-0.25, -0.2) is 0 Å². The van der Waals surface area contributed by atoms with Gasteiger partial charge in [-0.2, -0.15) is 0 Å². The van der Waals surface area contributed by atoms with Crippen LogP contribution in [0.3, 0.4) is 0 Å². The van der Waals surface area contributed by atoms with Gasteiger partial charge in [-0.3, -0.25) is 0 Å². The lowest BCUT2D eigenvalue weighted by molar-refractivity contribution is 0.169. The summed E-state index contributed by atoms with van der Waals surface area (Å²) in [6.07, 6.45) is 3.49. The Morgan fingerprint density at radius 2 is 1.95 bits per heavy atom. The van der Waals surface area contributed by atoms with Gasteiger partial charge in [0.1, 0.15) is 5.75 Å². The van der Waals surface area contributed by atoms with Crippen LogP contribution in [0.5, 0.6) is 5.75 Å². The summed E-state index contributed by atoms with van der Waals surface area (Å²) in [6.45, 7) is 6.94. The fourth-order valence-electron chi connectivity index (χ4n) is 2.83. The molecule has 112 valence electrons. The Kier molecular flexibility index (Phi) is 5.44. The number of aliphatic hydroxyl groups excluding tert-OH is 1. The standard InChI is InChI=1S/C17H27NO2/c1-12(2)20-16-8-5-14(6-9-16)17(19)11-18-15-7-4-13(3)10-15/h5-6,8-9,12-13,15,17-19H,4,7,10-11H2,1-3H3. The third-order valence-electron chi connectivity index (χ3n) is 3.93. The molecule has 0 amide bonds. The molecule has 0 saturated heterocycles. The molecule has 1 saturated carbocycles. The van der Waals surface area contributed by atoms with Gasteiger partial charge in [0.25, 0.3) is 0 Å². The van der Waals surface area contributed by atoms with Crippen LogP contribution in [0.1, 0.15) is 51.7 Å². The molecule has 3 heteroatoms. The summed E-state index contributed by atoms with van der Waals surface area (Å²) >= 11 is 0. The SMILES string of the molecule is CC1CCC(NCC(O)c2ccc(OC(C)C)cc2)C1. The van der Waals surface area contributed by atoms with E-state index in [1.807, 2.05) is 38.1 Å². The van der Waals surface area contributed by atoms with Crippen LogP contribution in [0.15, 0.2) is 24.3 Å². The molecule has 0 heterocycles. The Morgan fingerprint density at radius 1 is 1.25 bits per heavy atom. The monoisotopic (exact) mass is 277 g/mol. The summed E-state index contributed by atoms with van der Waals surface area (Å²) in [7, 11) is 0. The maximum Gasteiger partial charge on any atom is 0.119 e. The first-order chi connectivity index (χ1) is 9.54. The maximum absolute atomic E-state index is 10.2. The van der Waals surface area contributed by atoms with Gasteiger partial charge in [-0.1, -0.05) is 19.1 Å². The highest BCUT2D eigenvalue weighted by molar-refractivity contribution is 5.28. The minimum atomic E-state index is -0.445. The first-order valence-electron chi connectivity index (χ1n) is 7.72. The van der Waals surface area contributed by atoms with Gasteiger partial charge < -0.3 is 15.2 Å². The van der Waals surface area contributed by atoms with E-state index in [2.05, 4.69) is 12.2 Å². The van der Waals surface area contributed by atoms with Crippen LogP contribution in [0, 0.1) is 5.92 Å². The van der Waals surface area contributed by atoms with Crippen LogP contribution < -0.4 is 10.1 Å². The second kappa shape index (κ2) is 7.09. The Hall–Kier alpha value is -1.06. The average Bonchev–Trinajstić information content (AvgIpc) is 2.82. The van der Waals surface area contributed by atoms with Crippen molar-refractivity contribution in [2.45, 2.75) is 58.3 Å². The fourth-order valence-corrected chi connectivity index (χ4v) is 2.83. The van der Waals surface area contributed by atoms with E-state index >= 15 is 0 Å². The van der Waals surface area contributed by atoms with E-state index < -0.39 is 6.10 Å². The summed E-state index contributed by atoms with van der Waals surface area (Å²) in [4.78, 5) is 0. The third kappa shape index (κ3) is 4.50. The molecule has 20 heavy (non-hydrogen) atoms. The van der Waals surface area contributed by atoms with Gasteiger partial charge in [-0.15, -0.1) is 0 Å². The van der Waals surface area contributed by atoms with Crippen LogP contribution in [0.25, 0.3) is 0 Å². The minimum absolute atomic E-state index is 0.178. The minimum Gasteiger partial charge on any atom is -0.491 e. The number of hydrogen-bond acceptors (Lipinski definition) is 3. The van der Waals surface area contributed by atoms with E-state index in [0.717, 1.165) is 17.2 Å². The van der Waals surface area contributed by atoms with Gasteiger partial charge >= 0.3 is 0 Å². The Balaban J connectivity index is 1.81. The Labute approximate surface area is 122 Å². The molecule has 2 N–H and O–H groups in total. The molecule has 0 spiro atoms. The molecule has 3 unspecified atom stereocenters. The van der Waals surface area contributed by atoms with Crippen molar-refractivity contribution in [1.82, 2.24) is 5.32 Å². The molecule has 0 aromatic heterocycles. The van der Waals surface area contributed by atoms with Gasteiger partial charge in [0.05, 0.1) is 12.2 Å². The molecule has 3 nitrogen and oxygen atoms in total. The highest BCUT2D eigenvalue weighted by Crippen LogP contribution is 2.25. The largest absolute Gasteiger partial charge is 0.491 e. The lowest BCUT2D eigenvalue weighted by Crippen LogP contribution is -2.30. The van der Waals surface area contributed by atoms with E-state index in [1.54, 1.807) is 0 Å². The predicted octanol–water partition coefficient (Wildman–Crippen LogP) is 3.29. The van der Waals surface area contributed by atoms with Crippen molar-refractivity contribution in [1.29, 1.82) is 0 Å². The normalized spacial score (nSPS) is 24.1. The number of rotatable bonds is 6. The summed E-state index contributed by atoms with van der Waals surface area (Å²) in [6, 6.07) is 8.32. The maximum atomic E-state index is 10.2. The van der Waals surface area contributed by atoms with Crippen molar-refractivity contribution < 1.29 is 9.84 Å². The van der Waals surface area contributed by atoms with Gasteiger partial charge in [-0.05, 0) is 56.7 Å². The van der Waals surface area contributed by atoms with Crippen LogP contribution in [-0.4, -0.2) is 23.8 Å². The average molecular weight is 277 g/mol. The van der Waals surface area contributed by atoms with Crippen LogP contribution in [-0.2, 0) is 0 Å². The molecule has 0 aliphatic heterocycles. The highest BCUT2D eigenvalue weighted by atomic mass is 16.5. The number of benzene rings is 1. The number of nitrogens with one attached hydrogen (secondary N) is 1. The van der Waals surface area contributed by atoms with Gasteiger partial charge in [0.2, 0.25) is 0 Å². The first kappa shape index (κ1) is 15.3. The molecule has 1 aliphatic rings. The van der Waals surface area contributed by atoms with Crippen molar-refractivity contribution in [3.8, 4) is 5.75 Å². The number of aliphatic hydroxyl groups is 1. The molecule has 0 bridgehead atoms. The first-order valence-corrected chi connectivity index (χ1v) is 7.72. The van der Waals surface area contributed by atoms with Crippen molar-refractivity contribution in [2.24, 2.45) is 5.92 Å². The quantitative estimate of drug-likeness (QED) is 0.838. The van der Waals surface area contributed by atoms with E-state index in [-0.39, 0.29) is 6.10 Å². The van der Waals surface area contributed by atoms with E-state index in [4.69, 9.17) is 4.74 Å². The summed E-state index contributed by atoms with van der Waals surface area (Å²) < 4.78 is 5.60.